The van der Waals surface area contributed by atoms with Crippen LogP contribution < -0.4 is 24.4 Å². The predicted octanol–water partition coefficient (Wildman–Crippen LogP) is 2.57. The van der Waals surface area contributed by atoms with Gasteiger partial charge in [0.05, 0.1) is 19.9 Å². The van der Waals surface area contributed by atoms with Gasteiger partial charge in [-0.25, -0.2) is 0 Å². The predicted molar refractivity (Wildman–Crippen MR) is 110 cm³/mol. The van der Waals surface area contributed by atoms with Gasteiger partial charge in [0.2, 0.25) is 5.91 Å². The topological polar surface area (TPSA) is 77.1 Å². The normalized spacial score (nSPS) is 12.8. The average Bonchev–Trinajstić information content (AvgIpc) is 2.75. The molecular formula is C22H26N2O5. The molecule has 0 aromatic heterocycles. The van der Waals surface area contributed by atoms with Gasteiger partial charge in [-0.3, -0.25) is 9.59 Å². The first-order valence-electron chi connectivity index (χ1n) is 9.62. The van der Waals surface area contributed by atoms with E-state index in [0.717, 1.165) is 11.3 Å². The molecule has 3 rings (SSSR count). The lowest BCUT2D eigenvalue weighted by molar-refractivity contribution is -0.122. The molecule has 154 valence electrons. The number of nitrogens with one attached hydrogen (secondary N) is 1. The Labute approximate surface area is 170 Å². The van der Waals surface area contributed by atoms with Gasteiger partial charge >= 0.3 is 0 Å². The first-order valence-corrected chi connectivity index (χ1v) is 9.62. The molecule has 0 atom stereocenters. The van der Waals surface area contributed by atoms with Crippen LogP contribution in [0.1, 0.15) is 18.4 Å². The fourth-order valence-electron chi connectivity index (χ4n) is 3.27. The lowest BCUT2D eigenvalue weighted by atomic mass is 10.1. The Morgan fingerprint density at radius 1 is 1.14 bits per heavy atom. The van der Waals surface area contributed by atoms with Crippen LogP contribution in [0, 0.1) is 0 Å². The number of carbonyl (C=O) groups is 2. The number of benzene rings is 2. The van der Waals surface area contributed by atoms with Crippen LogP contribution in [-0.4, -0.2) is 45.7 Å². The maximum absolute atomic E-state index is 12.1. The van der Waals surface area contributed by atoms with Gasteiger partial charge in [-0.05, 0) is 42.7 Å². The van der Waals surface area contributed by atoms with Gasteiger partial charge in [0.25, 0.3) is 5.91 Å². The summed E-state index contributed by atoms with van der Waals surface area (Å²) in [5.74, 6) is 1.94. The van der Waals surface area contributed by atoms with Crippen molar-refractivity contribution >= 4 is 17.5 Å². The second kappa shape index (κ2) is 9.82. The highest BCUT2D eigenvalue weighted by molar-refractivity contribution is 5.97. The SMILES string of the molecule is COc1ccc(CCNC(=O)CCCN2C(=O)COc3ccccc32)cc1OC. The van der Waals surface area contributed by atoms with Gasteiger partial charge in [-0.15, -0.1) is 0 Å². The van der Waals surface area contributed by atoms with Crippen molar-refractivity contribution in [1.82, 2.24) is 5.32 Å². The molecule has 0 saturated carbocycles. The van der Waals surface area contributed by atoms with Gasteiger partial charge in [-0.2, -0.15) is 0 Å². The molecule has 1 heterocycles. The van der Waals surface area contributed by atoms with E-state index in [0.29, 0.717) is 49.6 Å². The van der Waals surface area contributed by atoms with E-state index in [4.69, 9.17) is 14.2 Å². The van der Waals surface area contributed by atoms with Gasteiger partial charge < -0.3 is 24.4 Å². The first kappa shape index (κ1) is 20.5. The zero-order chi connectivity index (χ0) is 20.6. The number of amides is 2. The van der Waals surface area contributed by atoms with Crippen LogP contribution in [0.3, 0.4) is 0 Å². The fraction of sp³-hybridized carbons (Fsp3) is 0.364. The summed E-state index contributed by atoms with van der Waals surface area (Å²) in [5, 5.41) is 2.93. The number of hydrogen-bond donors (Lipinski definition) is 1. The van der Waals surface area contributed by atoms with Crippen molar-refractivity contribution in [2.75, 3.05) is 38.8 Å². The summed E-state index contributed by atoms with van der Waals surface area (Å²) in [6, 6.07) is 13.2. The smallest absolute Gasteiger partial charge is 0.265 e. The van der Waals surface area contributed by atoms with E-state index in [2.05, 4.69) is 5.32 Å². The third-order valence-electron chi connectivity index (χ3n) is 4.78. The Morgan fingerprint density at radius 3 is 2.72 bits per heavy atom. The molecule has 7 heteroatoms. The molecule has 2 amide bonds. The number of nitrogens with zero attached hydrogens (tertiary/aromatic N) is 1. The highest BCUT2D eigenvalue weighted by Crippen LogP contribution is 2.31. The highest BCUT2D eigenvalue weighted by Gasteiger charge is 2.24. The zero-order valence-corrected chi connectivity index (χ0v) is 16.8. The van der Waals surface area contributed by atoms with Crippen LogP contribution in [0.2, 0.25) is 0 Å². The summed E-state index contributed by atoms with van der Waals surface area (Å²) in [4.78, 5) is 26.0. The van der Waals surface area contributed by atoms with Crippen LogP contribution in [0.25, 0.3) is 0 Å². The maximum atomic E-state index is 12.1. The van der Waals surface area contributed by atoms with Gasteiger partial charge in [0, 0.05) is 19.5 Å². The Morgan fingerprint density at radius 2 is 1.93 bits per heavy atom. The maximum Gasteiger partial charge on any atom is 0.265 e. The second-order valence-corrected chi connectivity index (χ2v) is 6.69. The number of fused-ring (bicyclic) bond motifs is 1. The third kappa shape index (κ3) is 5.19. The van der Waals surface area contributed by atoms with Crippen LogP contribution in [-0.2, 0) is 16.0 Å². The number of hydrogen-bond acceptors (Lipinski definition) is 5. The highest BCUT2D eigenvalue weighted by atomic mass is 16.5. The largest absolute Gasteiger partial charge is 0.493 e. The van der Waals surface area contributed by atoms with Gasteiger partial charge in [0.15, 0.2) is 18.1 Å². The molecule has 1 aliphatic heterocycles. The number of ether oxygens (including phenoxy) is 3. The lowest BCUT2D eigenvalue weighted by Crippen LogP contribution is -2.39. The van der Waals surface area contributed by atoms with Crippen molar-refractivity contribution in [1.29, 1.82) is 0 Å². The molecule has 0 unspecified atom stereocenters. The van der Waals surface area contributed by atoms with Crippen molar-refractivity contribution in [3.63, 3.8) is 0 Å². The molecule has 0 bridgehead atoms. The molecule has 0 saturated heterocycles. The van der Waals surface area contributed by atoms with Gasteiger partial charge in [0.1, 0.15) is 5.75 Å². The fourth-order valence-corrected chi connectivity index (χ4v) is 3.27. The van der Waals surface area contributed by atoms with E-state index in [1.165, 1.54) is 0 Å². The van der Waals surface area contributed by atoms with Crippen molar-refractivity contribution in [3.8, 4) is 17.2 Å². The molecule has 1 N–H and O–H groups in total. The molecule has 0 radical (unpaired) electrons. The van der Waals surface area contributed by atoms with Gasteiger partial charge in [-0.1, -0.05) is 18.2 Å². The third-order valence-corrected chi connectivity index (χ3v) is 4.78. The van der Waals surface area contributed by atoms with E-state index < -0.39 is 0 Å². The standard InChI is InChI=1S/C22H26N2O5/c1-27-19-10-9-16(14-20(19)28-2)11-12-23-21(25)8-5-13-24-17-6-3-4-7-18(17)29-15-22(24)26/h3-4,6-7,9-10,14H,5,8,11-13,15H2,1-2H3,(H,23,25). The number of para-hydroxylation sites is 2. The quantitative estimate of drug-likeness (QED) is 0.703. The molecule has 0 spiro atoms. The summed E-state index contributed by atoms with van der Waals surface area (Å²) >= 11 is 0. The van der Waals surface area contributed by atoms with E-state index in [1.54, 1.807) is 19.1 Å². The minimum atomic E-state index is -0.0856. The van der Waals surface area contributed by atoms with E-state index in [1.807, 2.05) is 42.5 Å². The van der Waals surface area contributed by atoms with Crippen LogP contribution in [0.4, 0.5) is 5.69 Å². The number of rotatable bonds is 9. The molecule has 2 aromatic carbocycles. The number of anilines is 1. The number of methoxy groups -OCH3 is 2. The lowest BCUT2D eigenvalue weighted by Gasteiger charge is -2.29. The van der Waals surface area contributed by atoms with Crippen molar-refractivity contribution in [3.05, 3.63) is 48.0 Å². The van der Waals surface area contributed by atoms with Crippen LogP contribution in [0.5, 0.6) is 17.2 Å². The molecular weight excluding hydrogens is 372 g/mol. The Hall–Kier alpha value is -3.22. The second-order valence-electron chi connectivity index (χ2n) is 6.69. The molecule has 29 heavy (non-hydrogen) atoms. The number of carbonyl (C=O) groups excluding carboxylic acids is 2. The van der Waals surface area contributed by atoms with Crippen molar-refractivity contribution < 1.29 is 23.8 Å². The average molecular weight is 398 g/mol. The van der Waals surface area contributed by atoms with E-state index >= 15 is 0 Å². The summed E-state index contributed by atoms with van der Waals surface area (Å²) in [6.07, 6.45) is 1.64. The Balaban J connectivity index is 1.42. The van der Waals surface area contributed by atoms with Crippen molar-refractivity contribution in [2.45, 2.75) is 19.3 Å². The monoisotopic (exact) mass is 398 g/mol. The molecule has 0 aliphatic carbocycles. The summed E-state index contributed by atoms with van der Waals surface area (Å²) in [5.41, 5.74) is 1.82. The minimum absolute atomic E-state index is 0.0283. The Kier molecular flexibility index (Phi) is 6.94. The van der Waals surface area contributed by atoms with E-state index in [-0.39, 0.29) is 18.4 Å². The van der Waals surface area contributed by atoms with E-state index in [9.17, 15) is 9.59 Å². The van der Waals surface area contributed by atoms with Crippen molar-refractivity contribution in [2.24, 2.45) is 0 Å². The zero-order valence-electron chi connectivity index (χ0n) is 16.8. The first-order chi connectivity index (χ1) is 14.1. The minimum Gasteiger partial charge on any atom is -0.493 e. The molecule has 0 fully saturated rings. The van der Waals surface area contributed by atoms with Crippen LogP contribution >= 0.6 is 0 Å². The molecule has 1 aliphatic rings. The summed E-state index contributed by atoms with van der Waals surface area (Å²) in [6.45, 7) is 1.06. The summed E-state index contributed by atoms with van der Waals surface area (Å²) < 4.78 is 16.0. The summed E-state index contributed by atoms with van der Waals surface area (Å²) in [7, 11) is 3.20. The molecule has 7 nitrogen and oxygen atoms in total. The Bertz CT molecular complexity index is 868. The van der Waals surface area contributed by atoms with Crippen LogP contribution in [0.15, 0.2) is 42.5 Å². The molecule has 2 aromatic rings.